The number of nitrogens with one attached hydrogen (secondary N) is 1. The quantitative estimate of drug-likeness (QED) is 0.658. The third-order valence-electron chi connectivity index (χ3n) is 4.09. The third kappa shape index (κ3) is 3.18. The van der Waals surface area contributed by atoms with Gasteiger partial charge in [-0.1, -0.05) is 19.3 Å². The number of nitrogens with zero attached hydrogens (tertiary/aromatic N) is 1. The van der Waals surface area contributed by atoms with Crippen molar-refractivity contribution < 1.29 is 14.1 Å². The van der Waals surface area contributed by atoms with Gasteiger partial charge in [0.05, 0.1) is 10.3 Å². The van der Waals surface area contributed by atoms with Gasteiger partial charge in [0.1, 0.15) is 11.5 Å². The lowest BCUT2D eigenvalue weighted by Gasteiger charge is -2.34. The molecular weight excluding hydrogens is 277 g/mol. The first-order chi connectivity index (χ1) is 9.98. The second-order valence-corrected chi connectivity index (χ2v) is 5.42. The van der Waals surface area contributed by atoms with Crippen molar-refractivity contribution in [1.29, 1.82) is 0 Å². The van der Waals surface area contributed by atoms with Crippen LogP contribution < -0.4 is 11.1 Å². The van der Waals surface area contributed by atoms with Crippen molar-refractivity contribution in [2.75, 3.05) is 11.9 Å². The zero-order chi connectivity index (χ0) is 15.5. The fraction of sp³-hybridized carbons (Fsp3) is 0.500. The van der Waals surface area contributed by atoms with Gasteiger partial charge in [0.25, 0.3) is 5.69 Å². The van der Waals surface area contributed by atoms with Crippen molar-refractivity contribution in [2.24, 2.45) is 11.1 Å². The minimum absolute atomic E-state index is 0.122. The van der Waals surface area contributed by atoms with Crippen molar-refractivity contribution in [2.45, 2.75) is 32.1 Å². The van der Waals surface area contributed by atoms with E-state index in [-0.39, 0.29) is 23.8 Å². The Morgan fingerprint density at radius 1 is 1.38 bits per heavy atom. The van der Waals surface area contributed by atoms with Crippen molar-refractivity contribution in [3.8, 4) is 0 Å². The number of halogens is 1. The molecule has 1 aromatic rings. The molecule has 0 saturated heterocycles. The van der Waals surface area contributed by atoms with E-state index < -0.39 is 16.2 Å². The van der Waals surface area contributed by atoms with Gasteiger partial charge in [-0.15, -0.1) is 0 Å². The first kappa shape index (κ1) is 15.4. The molecule has 0 aromatic heterocycles. The molecule has 0 aliphatic heterocycles. The lowest BCUT2D eigenvalue weighted by Crippen LogP contribution is -2.43. The van der Waals surface area contributed by atoms with Crippen molar-refractivity contribution >= 4 is 17.3 Å². The van der Waals surface area contributed by atoms with Crippen molar-refractivity contribution in [3.05, 3.63) is 34.1 Å². The zero-order valence-electron chi connectivity index (χ0n) is 11.6. The Bertz CT molecular complexity index is 556. The number of anilines is 1. The van der Waals surface area contributed by atoms with Crippen LogP contribution in [0.3, 0.4) is 0 Å². The van der Waals surface area contributed by atoms with E-state index in [4.69, 9.17) is 5.73 Å². The average Bonchev–Trinajstić information content (AvgIpc) is 2.47. The summed E-state index contributed by atoms with van der Waals surface area (Å²) in [7, 11) is 0. The highest BCUT2D eigenvalue weighted by atomic mass is 19.1. The maximum Gasteiger partial charge on any atom is 0.292 e. The van der Waals surface area contributed by atoms with Crippen LogP contribution in [0.15, 0.2) is 18.2 Å². The van der Waals surface area contributed by atoms with Crippen LogP contribution >= 0.6 is 0 Å². The van der Waals surface area contributed by atoms with Gasteiger partial charge in [-0.05, 0) is 18.9 Å². The highest BCUT2D eigenvalue weighted by Gasteiger charge is 2.38. The van der Waals surface area contributed by atoms with E-state index in [0.717, 1.165) is 37.5 Å². The van der Waals surface area contributed by atoms with E-state index >= 15 is 0 Å². The molecule has 0 radical (unpaired) electrons. The maximum absolute atomic E-state index is 13.3. The summed E-state index contributed by atoms with van der Waals surface area (Å²) in [6, 6.07) is 3.00. The molecule has 6 nitrogen and oxygen atoms in total. The Balaban J connectivity index is 2.26. The first-order valence-corrected chi connectivity index (χ1v) is 6.94. The molecule has 1 aliphatic carbocycles. The van der Waals surface area contributed by atoms with E-state index in [9.17, 15) is 19.3 Å². The second-order valence-electron chi connectivity index (χ2n) is 5.42. The number of carbonyl (C=O) groups is 1. The van der Waals surface area contributed by atoms with Gasteiger partial charge in [0.2, 0.25) is 5.91 Å². The van der Waals surface area contributed by atoms with E-state index in [0.29, 0.717) is 12.8 Å². The molecule has 3 N–H and O–H groups in total. The molecule has 0 atom stereocenters. The summed E-state index contributed by atoms with van der Waals surface area (Å²) in [5, 5.41) is 13.4. The number of rotatable bonds is 4. The van der Waals surface area contributed by atoms with Crippen LogP contribution in [-0.2, 0) is 4.79 Å². The molecule has 0 spiro atoms. The van der Waals surface area contributed by atoms with Crippen LogP contribution in [-0.4, -0.2) is 17.4 Å². The van der Waals surface area contributed by atoms with Gasteiger partial charge in [-0.3, -0.25) is 14.9 Å². The van der Waals surface area contributed by atoms with E-state index in [1.54, 1.807) is 0 Å². The largest absolute Gasteiger partial charge is 0.329 e. The van der Waals surface area contributed by atoms with Crippen LogP contribution in [0.5, 0.6) is 0 Å². The lowest BCUT2D eigenvalue weighted by atomic mass is 9.73. The van der Waals surface area contributed by atoms with Crippen LogP contribution in [0.4, 0.5) is 15.8 Å². The number of hydrogen-bond acceptors (Lipinski definition) is 4. The van der Waals surface area contributed by atoms with Crippen LogP contribution in [0.1, 0.15) is 32.1 Å². The highest BCUT2D eigenvalue weighted by molar-refractivity contribution is 5.97. The van der Waals surface area contributed by atoms with E-state index in [1.165, 1.54) is 0 Å². The first-order valence-electron chi connectivity index (χ1n) is 6.94. The minimum Gasteiger partial charge on any atom is -0.329 e. The Kier molecular flexibility index (Phi) is 4.52. The van der Waals surface area contributed by atoms with Crippen LogP contribution in [0.2, 0.25) is 0 Å². The predicted molar refractivity (Wildman–Crippen MR) is 76.3 cm³/mol. The molecule has 1 aromatic carbocycles. The standard InChI is InChI=1S/C14H18FN3O3/c15-10-4-5-12(18(20)21)11(8-10)17-13(19)14(9-16)6-2-1-3-7-14/h4-5,8H,1-3,6-7,9,16H2,(H,17,19). The fourth-order valence-electron chi connectivity index (χ4n) is 2.77. The number of amides is 1. The number of carbonyl (C=O) groups excluding carboxylic acids is 1. The van der Waals surface area contributed by atoms with Crippen molar-refractivity contribution in [3.63, 3.8) is 0 Å². The topological polar surface area (TPSA) is 98.3 Å². The molecule has 1 aliphatic rings. The molecular formula is C14H18FN3O3. The van der Waals surface area contributed by atoms with Gasteiger partial charge in [-0.2, -0.15) is 0 Å². The molecule has 114 valence electrons. The Morgan fingerprint density at radius 2 is 2.05 bits per heavy atom. The van der Waals surface area contributed by atoms with Gasteiger partial charge in [0, 0.05) is 18.7 Å². The molecule has 21 heavy (non-hydrogen) atoms. The normalized spacial score (nSPS) is 17.2. The summed E-state index contributed by atoms with van der Waals surface area (Å²) in [5.74, 6) is -1.00. The smallest absolute Gasteiger partial charge is 0.292 e. The van der Waals surface area contributed by atoms with Crippen LogP contribution in [0, 0.1) is 21.3 Å². The van der Waals surface area contributed by atoms with Crippen LogP contribution in [0.25, 0.3) is 0 Å². The summed E-state index contributed by atoms with van der Waals surface area (Å²) in [4.78, 5) is 22.8. The second kappa shape index (κ2) is 6.17. The number of hydrogen-bond donors (Lipinski definition) is 2. The number of nitro groups is 1. The summed E-state index contributed by atoms with van der Waals surface area (Å²) in [6.45, 7) is 0.182. The average molecular weight is 295 g/mol. The summed E-state index contributed by atoms with van der Waals surface area (Å²) >= 11 is 0. The minimum atomic E-state index is -0.710. The number of nitrogens with two attached hydrogens (primary N) is 1. The Labute approximate surface area is 121 Å². The molecule has 1 fully saturated rings. The van der Waals surface area contributed by atoms with E-state index in [1.807, 2.05) is 0 Å². The molecule has 2 rings (SSSR count). The number of benzene rings is 1. The molecule has 1 saturated carbocycles. The van der Waals surface area contributed by atoms with Gasteiger partial charge >= 0.3 is 0 Å². The van der Waals surface area contributed by atoms with Gasteiger partial charge in [0.15, 0.2) is 0 Å². The zero-order valence-corrected chi connectivity index (χ0v) is 11.6. The predicted octanol–water partition coefficient (Wildman–Crippen LogP) is 2.58. The van der Waals surface area contributed by atoms with Gasteiger partial charge in [-0.25, -0.2) is 4.39 Å². The maximum atomic E-state index is 13.3. The summed E-state index contributed by atoms with van der Waals surface area (Å²) < 4.78 is 13.3. The molecule has 0 bridgehead atoms. The highest BCUT2D eigenvalue weighted by Crippen LogP contribution is 2.37. The lowest BCUT2D eigenvalue weighted by molar-refractivity contribution is -0.384. The monoisotopic (exact) mass is 295 g/mol. The van der Waals surface area contributed by atoms with Crippen molar-refractivity contribution in [1.82, 2.24) is 0 Å². The molecule has 1 amide bonds. The third-order valence-corrected chi connectivity index (χ3v) is 4.09. The summed E-state index contributed by atoms with van der Waals surface area (Å²) in [6.07, 6.45) is 4.15. The summed E-state index contributed by atoms with van der Waals surface area (Å²) in [5.41, 5.74) is 4.59. The Morgan fingerprint density at radius 3 is 2.62 bits per heavy atom. The van der Waals surface area contributed by atoms with E-state index in [2.05, 4.69) is 5.32 Å². The SMILES string of the molecule is NCC1(C(=O)Nc2cc(F)ccc2[N+](=O)[O-])CCCCC1. The molecule has 0 heterocycles. The van der Waals surface area contributed by atoms with Gasteiger partial charge < -0.3 is 11.1 Å². The molecule has 7 heteroatoms. The fourth-order valence-corrected chi connectivity index (χ4v) is 2.77. The molecule has 0 unspecified atom stereocenters. The Hall–Kier alpha value is -2.02. The number of nitro benzene ring substituents is 1.